The van der Waals surface area contributed by atoms with E-state index in [2.05, 4.69) is 30.2 Å². The van der Waals surface area contributed by atoms with Crippen molar-refractivity contribution in [3.8, 4) is 0 Å². The zero-order valence-electron chi connectivity index (χ0n) is 20.9. The molecule has 10 nitrogen and oxygen atoms in total. The molecule has 0 spiro atoms. The number of rotatable bonds is 10. The third-order valence-corrected chi connectivity index (χ3v) is 6.82. The van der Waals surface area contributed by atoms with Crippen LogP contribution in [-0.4, -0.2) is 86.2 Å². The fourth-order valence-corrected chi connectivity index (χ4v) is 5.12. The van der Waals surface area contributed by atoms with E-state index in [1.165, 1.54) is 19.2 Å². The van der Waals surface area contributed by atoms with E-state index in [0.29, 0.717) is 41.1 Å². The fraction of sp³-hybridized carbons (Fsp3) is 0.625. The molecule has 1 atom stereocenters. The number of alkyl halides is 3. The van der Waals surface area contributed by atoms with Gasteiger partial charge in [0.1, 0.15) is 29.8 Å². The Morgan fingerprint density at radius 1 is 1.14 bits per heavy atom. The lowest BCUT2D eigenvalue weighted by atomic mass is 10.2. The topological polar surface area (TPSA) is 97.1 Å². The molecule has 2 aliphatic rings. The first-order valence-corrected chi connectivity index (χ1v) is 12.8. The maximum atomic E-state index is 12.6. The summed E-state index contributed by atoms with van der Waals surface area (Å²) in [6.07, 6.45) is 3.96. The van der Waals surface area contributed by atoms with E-state index in [1.54, 1.807) is 16.9 Å². The van der Waals surface area contributed by atoms with Gasteiger partial charge in [-0.05, 0) is 51.3 Å². The number of aromatic nitrogens is 6. The predicted octanol–water partition coefficient (Wildman–Crippen LogP) is 3.57. The van der Waals surface area contributed by atoms with Crippen LogP contribution in [0.3, 0.4) is 0 Å². The molecule has 5 heterocycles. The molecule has 2 fully saturated rings. The summed E-state index contributed by atoms with van der Waals surface area (Å²) in [6.45, 7) is 4.81. The van der Waals surface area contributed by atoms with Gasteiger partial charge in [0.05, 0.1) is 18.8 Å². The first kappa shape index (κ1) is 25.6. The molecule has 2 aliphatic heterocycles. The van der Waals surface area contributed by atoms with E-state index in [9.17, 15) is 13.2 Å². The summed E-state index contributed by atoms with van der Waals surface area (Å²) >= 11 is 0. The summed E-state index contributed by atoms with van der Waals surface area (Å²) in [7, 11) is 0. The van der Waals surface area contributed by atoms with Crippen molar-refractivity contribution in [2.75, 3.05) is 49.6 Å². The Hall–Kier alpha value is -3.06. The van der Waals surface area contributed by atoms with Crippen LogP contribution < -0.4 is 10.2 Å². The molecule has 0 radical (unpaired) electrons. The zero-order valence-corrected chi connectivity index (χ0v) is 20.9. The van der Waals surface area contributed by atoms with Gasteiger partial charge in [-0.3, -0.25) is 4.68 Å². The van der Waals surface area contributed by atoms with Crippen LogP contribution in [0, 0.1) is 0 Å². The number of hydrogen-bond donors (Lipinski definition) is 1. The Morgan fingerprint density at radius 3 is 2.70 bits per heavy atom. The van der Waals surface area contributed by atoms with Crippen LogP contribution in [0.2, 0.25) is 0 Å². The number of likely N-dealkylation sites (tertiary alicyclic amines) is 1. The molecule has 13 heteroatoms. The summed E-state index contributed by atoms with van der Waals surface area (Å²) in [5.41, 5.74) is 2.06. The molecule has 5 rings (SSSR count). The molecule has 2 saturated heterocycles. The molecule has 3 aromatic heterocycles. The minimum Gasteiger partial charge on any atom is -0.370 e. The number of anilines is 3. The van der Waals surface area contributed by atoms with Crippen molar-refractivity contribution in [2.24, 2.45) is 0 Å². The van der Waals surface area contributed by atoms with Crippen LogP contribution in [0.4, 0.5) is 30.8 Å². The highest BCUT2D eigenvalue weighted by Crippen LogP contribution is 2.32. The number of nitrogens with one attached hydrogen (secondary N) is 1. The Balaban J connectivity index is 1.49. The Labute approximate surface area is 213 Å². The minimum absolute atomic E-state index is 0.134. The van der Waals surface area contributed by atoms with E-state index in [0.717, 1.165) is 44.7 Å². The molecule has 37 heavy (non-hydrogen) atoms. The summed E-state index contributed by atoms with van der Waals surface area (Å²) in [6, 6.07) is 2.06. The number of aryl methyl sites for hydroxylation is 1. The zero-order chi connectivity index (χ0) is 25.8. The highest BCUT2D eigenvalue weighted by Gasteiger charge is 2.31. The average molecular weight is 520 g/mol. The number of hydrogen-bond acceptors (Lipinski definition) is 9. The van der Waals surface area contributed by atoms with E-state index in [-0.39, 0.29) is 13.2 Å². The van der Waals surface area contributed by atoms with Crippen molar-refractivity contribution in [2.45, 2.75) is 57.8 Å². The Kier molecular flexibility index (Phi) is 7.70. The molecule has 3 aromatic rings. The minimum atomic E-state index is -4.38. The third kappa shape index (κ3) is 6.09. The van der Waals surface area contributed by atoms with Crippen molar-refractivity contribution >= 4 is 28.6 Å². The summed E-state index contributed by atoms with van der Waals surface area (Å²) in [5.74, 6) is 1.69. The van der Waals surface area contributed by atoms with Gasteiger partial charge < -0.3 is 19.9 Å². The van der Waals surface area contributed by atoms with Crippen molar-refractivity contribution in [3.05, 3.63) is 24.3 Å². The normalized spacial score (nSPS) is 18.8. The van der Waals surface area contributed by atoms with Crippen LogP contribution in [0.15, 0.2) is 18.6 Å². The van der Waals surface area contributed by atoms with Crippen LogP contribution in [0.25, 0.3) is 11.0 Å². The lowest BCUT2D eigenvalue weighted by Gasteiger charge is -2.29. The van der Waals surface area contributed by atoms with Gasteiger partial charge in [0.15, 0.2) is 5.82 Å². The van der Waals surface area contributed by atoms with Gasteiger partial charge in [-0.15, -0.1) is 0 Å². The number of halogens is 3. The van der Waals surface area contributed by atoms with Gasteiger partial charge in [-0.2, -0.15) is 23.3 Å². The van der Waals surface area contributed by atoms with Gasteiger partial charge in [-0.25, -0.2) is 15.0 Å². The molecular weight excluding hydrogens is 487 g/mol. The van der Waals surface area contributed by atoms with Crippen molar-refractivity contribution < 1.29 is 17.9 Å². The second-order valence-electron chi connectivity index (χ2n) is 9.48. The molecule has 0 aliphatic carbocycles. The lowest BCUT2D eigenvalue weighted by Crippen LogP contribution is -2.40. The molecule has 1 N–H and O–H groups in total. The number of fused-ring (bicyclic) bond motifs is 1. The quantitative estimate of drug-likeness (QED) is 0.403. The second kappa shape index (κ2) is 11.1. The smallest absolute Gasteiger partial charge is 0.370 e. The first-order valence-electron chi connectivity index (χ1n) is 12.8. The van der Waals surface area contributed by atoms with E-state index < -0.39 is 12.8 Å². The molecule has 0 unspecified atom stereocenters. The Bertz CT molecular complexity index is 1180. The predicted molar refractivity (Wildman–Crippen MR) is 133 cm³/mol. The largest absolute Gasteiger partial charge is 0.411 e. The third-order valence-electron chi connectivity index (χ3n) is 6.82. The maximum Gasteiger partial charge on any atom is 0.411 e. The van der Waals surface area contributed by atoms with Crippen LogP contribution in [-0.2, 0) is 17.7 Å². The van der Waals surface area contributed by atoms with E-state index in [4.69, 9.17) is 14.7 Å². The van der Waals surface area contributed by atoms with E-state index in [1.807, 2.05) is 6.92 Å². The summed E-state index contributed by atoms with van der Waals surface area (Å²) in [5, 5.41) is 7.94. The van der Waals surface area contributed by atoms with Crippen molar-refractivity contribution in [3.63, 3.8) is 0 Å². The van der Waals surface area contributed by atoms with Crippen molar-refractivity contribution in [1.82, 2.24) is 34.6 Å². The van der Waals surface area contributed by atoms with Gasteiger partial charge in [-0.1, -0.05) is 6.92 Å². The van der Waals surface area contributed by atoms with Crippen LogP contribution >= 0.6 is 0 Å². The van der Waals surface area contributed by atoms with Gasteiger partial charge in [0, 0.05) is 25.3 Å². The molecule has 0 saturated carbocycles. The fourth-order valence-electron chi connectivity index (χ4n) is 5.12. The highest BCUT2D eigenvalue weighted by molar-refractivity contribution is 5.90. The summed E-state index contributed by atoms with van der Waals surface area (Å²) < 4.78 is 44.1. The van der Waals surface area contributed by atoms with Crippen LogP contribution in [0.1, 0.15) is 38.3 Å². The Morgan fingerprint density at radius 2 is 1.97 bits per heavy atom. The lowest BCUT2D eigenvalue weighted by molar-refractivity contribution is -0.174. The monoisotopic (exact) mass is 519 g/mol. The SMILES string of the molecule is CCc1nn(CCOCC(F)(F)F)c2c(Nc3ccncn3)nc(N3CCC[C@H]3CN3CCCC3)nc12. The maximum absolute atomic E-state index is 12.6. The molecule has 200 valence electrons. The molecule has 0 amide bonds. The van der Waals surface area contributed by atoms with E-state index >= 15 is 0 Å². The average Bonchev–Trinajstić information content (AvgIpc) is 3.63. The first-order chi connectivity index (χ1) is 17.9. The molecule has 0 aromatic carbocycles. The van der Waals surface area contributed by atoms with Gasteiger partial charge >= 0.3 is 6.18 Å². The summed E-state index contributed by atoms with van der Waals surface area (Å²) in [4.78, 5) is 22.9. The number of nitrogens with zero attached hydrogens (tertiary/aromatic N) is 8. The van der Waals surface area contributed by atoms with Gasteiger partial charge in [0.25, 0.3) is 0 Å². The number of ether oxygens (including phenoxy) is 1. The van der Waals surface area contributed by atoms with Crippen molar-refractivity contribution in [1.29, 1.82) is 0 Å². The molecule has 0 bridgehead atoms. The molecular formula is C24H32F3N9O. The van der Waals surface area contributed by atoms with Gasteiger partial charge in [0.2, 0.25) is 5.95 Å². The second-order valence-corrected chi connectivity index (χ2v) is 9.48. The standard InChI is InChI=1S/C24H32F3N9O/c1-2-18-20-21(36(33-18)12-13-37-15-24(25,26)27)22(30-19-7-8-28-16-29-19)32-23(31-20)35-11-5-6-17(35)14-34-9-3-4-10-34/h7-8,16-17H,2-6,9-15H2,1H3,(H,28,29,30,31,32)/t17-/m0/s1. The van der Waals surface area contributed by atoms with Crippen LogP contribution in [0.5, 0.6) is 0 Å². The highest BCUT2D eigenvalue weighted by atomic mass is 19.4.